The predicted octanol–water partition coefficient (Wildman–Crippen LogP) is 3.96. The van der Waals surface area contributed by atoms with Crippen LogP contribution in [-0.4, -0.2) is 18.7 Å². The molecule has 2 atom stereocenters. The van der Waals surface area contributed by atoms with E-state index >= 15 is 0 Å². The molecule has 0 saturated carbocycles. The van der Waals surface area contributed by atoms with Crippen LogP contribution in [0.15, 0.2) is 12.1 Å². The summed E-state index contributed by atoms with van der Waals surface area (Å²) in [5, 5.41) is 3.89. The van der Waals surface area contributed by atoms with Gasteiger partial charge in [-0.1, -0.05) is 30.1 Å². The summed E-state index contributed by atoms with van der Waals surface area (Å²) < 4.78 is 19.3. The van der Waals surface area contributed by atoms with E-state index in [4.69, 9.17) is 27.9 Å². The molecule has 5 heteroatoms. The van der Waals surface area contributed by atoms with E-state index in [1.165, 1.54) is 12.1 Å². The zero-order valence-electron chi connectivity index (χ0n) is 10.4. The summed E-state index contributed by atoms with van der Waals surface area (Å²) in [6, 6.07) is 2.77. The summed E-state index contributed by atoms with van der Waals surface area (Å²) in [7, 11) is 0. The van der Waals surface area contributed by atoms with Crippen LogP contribution in [0, 0.1) is 5.82 Å². The largest absolute Gasteiger partial charge is 0.370 e. The summed E-state index contributed by atoms with van der Waals surface area (Å²) in [5.41, 5.74) is 0.623. The lowest BCUT2D eigenvalue weighted by Gasteiger charge is -2.38. The molecular formula is C13H16Cl2FNO. The van der Waals surface area contributed by atoms with Crippen molar-refractivity contribution in [3.8, 4) is 0 Å². The van der Waals surface area contributed by atoms with Crippen molar-refractivity contribution in [1.82, 2.24) is 5.32 Å². The maximum atomic E-state index is 13.5. The number of halogens is 3. The molecule has 0 aromatic heterocycles. The van der Waals surface area contributed by atoms with Crippen LogP contribution in [-0.2, 0) is 4.74 Å². The van der Waals surface area contributed by atoms with E-state index in [0.717, 1.165) is 6.42 Å². The third-order valence-corrected chi connectivity index (χ3v) is 4.10. The smallest absolute Gasteiger partial charge is 0.142 e. The minimum Gasteiger partial charge on any atom is -0.370 e. The van der Waals surface area contributed by atoms with E-state index in [0.29, 0.717) is 23.7 Å². The first kappa shape index (κ1) is 14.1. The van der Waals surface area contributed by atoms with Crippen molar-refractivity contribution in [2.24, 2.45) is 0 Å². The molecule has 1 aliphatic heterocycles. The molecule has 1 aliphatic rings. The van der Waals surface area contributed by atoms with E-state index in [9.17, 15) is 4.39 Å². The van der Waals surface area contributed by atoms with Crippen molar-refractivity contribution in [1.29, 1.82) is 0 Å². The summed E-state index contributed by atoms with van der Waals surface area (Å²) in [6.45, 7) is 5.40. The molecule has 1 aromatic carbocycles. The van der Waals surface area contributed by atoms with Gasteiger partial charge in [-0.2, -0.15) is 0 Å². The molecule has 2 rings (SSSR count). The van der Waals surface area contributed by atoms with Crippen LogP contribution in [0.2, 0.25) is 10.0 Å². The average molecular weight is 292 g/mol. The van der Waals surface area contributed by atoms with Crippen LogP contribution in [0.1, 0.15) is 31.9 Å². The Balaban J connectivity index is 2.17. The first-order chi connectivity index (χ1) is 8.45. The van der Waals surface area contributed by atoms with Crippen molar-refractivity contribution in [2.45, 2.75) is 31.9 Å². The molecular weight excluding hydrogens is 276 g/mol. The maximum Gasteiger partial charge on any atom is 0.142 e. The van der Waals surface area contributed by atoms with Gasteiger partial charge in [-0.05, 0) is 25.5 Å². The predicted molar refractivity (Wildman–Crippen MR) is 71.8 cm³/mol. The van der Waals surface area contributed by atoms with Crippen LogP contribution < -0.4 is 5.32 Å². The fraction of sp³-hybridized carbons (Fsp3) is 0.538. The Morgan fingerprint density at radius 1 is 1.44 bits per heavy atom. The van der Waals surface area contributed by atoms with Gasteiger partial charge in [0.05, 0.1) is 17.7 Å². The minimum absolute atomic E-state index is 0.0199. The topological polar surface area (TPSA) is 21.3 Å². The second kappa shape index (κ2) is 5.33. The van der Waals surface area contributed by atoms with Gasteiger partial charge in [-0.3, -0.25) is 0 Å². The standard InChI is InChI=1S/C13H16Cl2FNO/c1-3-13(2)7-18-12(6-17-13)8-4-11(16)10(15)5-9(8)14/h4-5,12,17H,3,6-7H2,1-2H3. The van der Waals surface area contributed by atoms with Gasteiger partial charge >= 0.3 is 0 Å². The van der Waals surface area contributed by atoms with E-state index in [-0.39, 0.29) is 16.7 Å². The summed E-state index contributed by atoms with van der Waals surface area (Å²) >= 11 is 11.8. The Kier molecular flexibility index (Phi) is 4.17. The molecule has 1 aromatic rings. The van der Waals surface area contributed by atoms with E-state index < -0.39 is 5.82 Å². The summed E-state index contributed by atoms with van der Waals surface area (Å²) in [5.74, 6) is -0.469. The number of morpholine rings is 1. The van der Waals surface area contributed by atoms with Gasteiger partial charge in [-0.25, -0.2) is 4.39 Å². The van der Waals surface area contributed by atoms with Crippen LogP contribution in [0.5, 0.6) is 0 Å². The first-order valence-corrected chi connectivity index (χ1v) is 6.72. The molecule has 0 radical (unpaired) electrons. The quantitative estimate of drug-likeness (QED) is 0.833. The van der Waals surface area contributed by atoms with Crippen molar-refractivity contribution in [3.63, 3.8) is 0 Å². The van der Waals surface area contributed by atoms with E-state index in [1.807, 2.05) is 0 Å². The molecule has 1 N–H and O–H groups in total. The fourth-order valence-corrected chi connectivity index (χ4v) is 2.45. The van der Waals surface area contributed by atoms with Gasteiger partial charge in [0, 0.05) is 22.7 Å². The number of benzene rings is 1. The van der Waals surface area contributed by atoms with Crippen LogP contribution >= 0.6 is 23.2 Å². The molecule has 0 amide bonds. The Morgan fingerprint density at radius 2 is 2.17 bits per heavy atom. The van der Waals surface area contributed by atoms with Gasteiger partial charge in [0.25, 0.3) is 0 Å². The zero-order valence-corrected chi connectivity index (χ0v) is 11.9. The third kappa shape index (κ3) is 2.80. The monoisotopic (exact) mass is 291 g/mol. The highest BCUT2D eigenvalue weighted by Crippen LogP contribution is 2.33. The number of hydrogen-bond donors (Lipinski definition) is 1. The highest BCUT2D eigenvalue weighted by molar-refractivity contribution is 6.35. The summed E-state index contributed by atoms with van der Waals surface area (Å²) in [6.07, 6.45) is 0.742. The third-order valence-electron chi connectivity index (χ3n) is 3.48. The molecule has 0 spiro atoms. The highest BCUT2D eigenvalue weighted by atomic mass is 35.5. The van der Waals surface area contributed by atoms with Crippen molar-refractivity contribution in [2.75, 3.05) is 13.2 Å². The van der Waals surface area contributed by atoms with Crippen LogP contribution in [0.3, 0.4) is 0 Å². The van der Waals surface area contributed by atoms with Gasteiger partial charge in [-0.15, -0.1) is 0 Å². The summed E-state index contributed by atoms with van der Waals surface area (Å²) in [4.78, 5) is 0. The first-order valence-electron chi connectivity index (χ1n) is 5.96. The van der Waals surface area contributed by atoms with Crippen LogP contribution in [0.4, 0.5) is 4.39 Å². The second-order valence-electron chi connectivity index (χ2n) is 4.88. The number of rotatable bonds is 2. The molecule has 2 unspecified atom stereocenters. The van der Waals surface area contributed by atoms with Crippen molar-refractivity contribution in [3.05, 3.63) is 33.6 Å². The number of hydrogen-bond acceptors (Lipinski definition) is 2. The lowest BCUT2D eigenvalue weighted by Crippen LogP contribution is -2.52. The van der Waals surface area contributed by atoms with E-state index in [2.05, 4.69) is 19.2 Å². The van der Waals surface area contributed by atoms with E-state index in [1.54, 1.807) is 0 Å². The van der Waals surface area contributed by atoms with Gasteiger partial charge in [0.2, 0.25) is 0 Å². The van der Waals surface area contributed by atoms with Gasteiger partial charge in [0.1, 0.15) is 5.82 Å². The molecule has 1 saturated heterocycles. The van der Waals surface area contributed by atoms with Gasteiger partial charge < -0.3 is 10.1 Å². The van der Waals surface area contributed by atoms with Crippen molar-refractivity contribution >= 4 is 23.2 Å². The number of nitrogens with one attached hydrogen (secondary N) is 1. The van der Waals surface area contributed by atoms with Gasteiger partial charge in [0.15, 0.2) is 0 Å². The molecule has 100 valence electrons. The molecule has 18 heavy (non-hydrogen) atoms. The Labute approximate surface area is 116 Å². The average Bonchev–Trinajstić information content (AvgIpc) is 2.35. The highest BCUT2D eigenvalue weighted by Gasteiger charge is 2.31. The Hall–Kier alpha value is -0.350. The molecule has 1 fully saturated rings. The molecule has 0 bridgehead atoms. The Morgan fingerprint density at radius 3 is 2.72 bits per heavy atom. The van der Waals surface area contributed by atoms with Crippen LogP contribution in [0.25, 0.3) is 0 Å². The fourth-order valence-electron chi connectivity index (χ4n) is 1.95. The Bertz CT molecular complexity index is 445. The molecule has 1 heterocycles. The lowest BCUT2D eigenvalue weighted by molar-refractivity contribution is -0.0299. The SMILES string of the molecule is CCC1(C)COC(c2cc(F)c(Cl)cc2Cl)CN1. The number of ether oxygens (including phenoxy) is 1. The lowest BCUT2D eigenvalue weighted by atomic mass is 9.96. The minimum atomic E-state index is -0.469. The molecule has 2 nitrogen and oxygen atoms in total. The van der Waals surface area contributed by atoms with Crippen molar-refractivity contribution < 1.29 is 9.13 Å². The maximum absolute atomic E-state index is 13.5. The molecule has 0 aliphatic carbocycles. The second-order valence-corrected chi connectivity index (χ2v) is 5.70. The normalized spacial score (nSPS) is 28.4. The zero-order chi connectivity index (χ0) is 13.3.